The molecule has 0 unspecified atom stereocenters. The molecule has 47 heavy (non-hydrogen) atoms. The van der Waals surface area contributed by atoms with Crippen LogP contribution in [0.15, 0.2) is 52.5 Å². The number of piperidine rings is 2. The van der Waals surface area contributed by atoms with Gasteiger partial charge in [0.1, 0.15) is 10.8 Å². The molecule has 2 saturated heterocycles. The van der Waals surface area contributed by atoms with E-state index in [-0.39, 0.29) is 17.4 Å². The van der Waals surface area contributed by atoms with Crippen LogP contribution in [-0.4, -0.2) is 52.5 Å². The molecule has 0 atom stereocenters. The van der Waals surface area contributed by atoms with Gasteiger partial charge in [-0.05, 0) is 106 Å². The van der Waals surface area contributed by atoms with Crippen molar-refractivity contribution >= 4 is 46.6 Å². The highest BCUT2D eigenvalue weighted by Crippen LogP contribution is 2.53. The van der Waals surface area contributed by atoms with Gasteiger partial charge in [0.05, 0.1) is 16.9 Å². The van der Waals surface area contributed by atoms with Crippen LogP contribution < -0.4 is 21.7 Å². The number of likely N-dealkylation sites (tertiary alicyclic amines) is 1. The van der Waals surface area contributed by atoms with Gasteiger partial charge in [-0.2, -0.15) is 0 Å². The zero-order valence-electron chi connectivity index (χ0n) is 28.2. The van der Waals surface area contributed by atoms with Crippen molar-refractivity contribution in [3.63, 3.8) is 0 Å². The topological polar surface area (TPSA) is 113 Å². The summed E-state index contributed by atoms with van der Waals surface area (Å²) < 4.78 is 0. The first kappa shape index (κ1) is 34.0. The Balaban J connectivity index is 0.998. The van der Waals surface area contributed by atoms with Crippen molar-refractivity contribution in [2.24, 2.45) is 17.1 Å². The minimum absolute atomic E-state index is 0.0214. The molecule has 10 heteroatoms. The standard InChI is InChI=1S/C37H50ClN7OS/c1-4-7-27-20-25(10-11-26(27)5-2)24-44-16-14-37(15-17-44)21-28(22-37)34(46)42-29-8-6-9-30(32(29)38)47-35-33(39)43-31(23-41-35)45-18-12-36(3,40)13-19-45/h6,8-11,20,23,28H,4-5,7,12-19,21-22,24,40H2,1-3H3,(H2,39,43)(H,42,46). The second kappa shape index (κ2) is 14.3. The highest BCUT2D eigenvalue weighted by atomic mass is 35.5. The fourth-order valence-corrected chi connectivity index (χ4v) is 8.63. The number of benzene rings is 2. The van der Waals surface area contributed by atoms with E-state index < -0.39 is 0 Å². The second-order valence-corrected chi connectivity index (χ2v) is 15.8. The predicted molar refractivity (Wildman–Crippen MR) is 194 cm³/mol. The lowest BCUT2D eigenvalue weighted by molar-refractivity contribution is -0.129. The summed E-state index contributed by atoms with van der Waals surface area (Å²) >= 11 is 8.18. The van der Waals surface area contributed by atoms with Crippen LogP contribution in [0.2, 0.25) is 5.02 Å². The van der Waals surface area contributed by atoms with Crippen LogP contribution >= 0.6 is 23.4 Å². The van der Waals surface area contributed by atoms with Gasteiger partial charge in [0.15, 0.2) is 5.82 Å². The van der Waals surface area contributed by atoms with Crippen LogP contribution in [0.3, 0.4) is 0 Å². The Bertz CT molecular complexity index is 1570. The molecule has 8 nitrogen and oxygen atoms in total. The number of halogens is 1. The van der Waals surface area contributed by atoms with E-state index in [1.807, 2.05) is 18.2 Å². The van der Waals surface area contributed by atoms with Crippen LogP contribution in [0.4, 0.5) is 17.3 Å². The molecule has 1 aliphatic carbocycles. The van der Waals surface area contributed by atoms with Gasteiger partial charge >= 0.3 is 0 Å². The third kappa shape index (κ3) is 7.90. The maximum atomic E-state index is 13.3. The fraction of sp³-hybridized carbons (Fsp3) is 0.541. The van der Waals surface area contributed by atoms with Crippen LogP contribution in [0.25, 0.3) is 0 Å². The van der Waals surface area contributed by atoms with Crippen LogP contribution in [0.1, 0.15) is 82.4 Å². The third-order valence-electron chi connectivity index (χ3n) is 10.6. The van der Waals surface area contributed by atoms with Crippen molar-refractivity contribution in [3.05, 3.63) is 64.3 Å². The summed E-state index contributed by atoms with van der Waals surface area (Å²) in [5.74, 6) is 1.20. The normalized spacial score (nSPS) is 19.5. The Hall–Kier alpha value is -2.85. The molecular formula is C37H50ClN7OS. The molecule has 1 saturated carbocycles. The highest BCUT2D eigenvalue weighted by Gasteiger charge is 2.48. The fourth-order valence-electron chi connectivity index (χ4n) is 7.53. The van der Waals surface area contributed by atoms with E-state index in [1.165, 1.54) is 34.9 Å². The lowest BCUT2D eigenvalue weighted by Gasteiger charge is -2.51. The zero-order valence-corrected chi connectivity index (χ0v) is 29.7. The smallest absolute Gasteiger partial charge is 0.227 e. The van der Waals surface area contributed by atoms with E-state index in [0.717, 1.165) is 94.8 Å². The molecule has 6 rings (SSSR count). The van der Waals surface area contributed by atoms with Crippen molar-refractivity contribution in [2.45, 2.75) is 101 Å². The summed E-state index contributed by atoms with van der Waals surface area (Å²) in [4.78, 5) is 28.1. The molecule has 1 aromatic heterocycles. The number of hydrogen-bond acceptors (Lipinski definition) is 8. The first-order chi connectivity index (χ1) is 22.6. The predicted octanol–water partition coefficient (Wildman–Crippen LogP) is 7.33. The first-order valence-corrected chi connectivity index (χ1v) is 18.5. The average Bonchev–Trinajstić information content (AvgIpc) is 3.03. The number of carbonyl (C=O) groups excluding carboxylic acids is 1. The van der Waals surface area contributed by atoms with Gasteiger partial charge in [0.2, 0.25) is 5.91 Å². The quantitative estimate of drug-likeness (QED) is 0.205. The highest BCUT2D eigenvalue weighted by molar-refractivity contribution is 7.99. The lowest BCUT2D eigenvalue weighted by atomic mass is 9.57. The molecule has 2 aromatic carbocycles. The van der Waals surface area contributed by atoms with Gasteiger partial charge < -0.3 is 21.7 Å². The van der Waals surface area contributed by atoms with E-state index in [1.54, 1.807) is 6.20 Å². The van der Waals surface area contributed by atoms with Gasteiger partial charge in [-0.15, -0.1) is 0 Å². The third-order valence-corrected chi connectivity index (χ3v) is 12.2. The van der Waals surface area contributed by atoms with Gasteiger partial charge in [0, 0.05) is 36.0 Å². The molecule has 1 spiro atoms. The summed E-state index contributed by atoms with van der Waals surface area (Å²) in [5.41, 5.74) is 17.8. The second-order valence-electron chi connectivity index (χ2n) is 14.4. The van der Waals surface area contributed by atoms with Crippen LogP contribution in [-0.2, 0) is 24.2 Å². The number of hydrogen-bond donors (Lipinski definition) is 3. The zero-order chi connectivity index (χ0) is 33.2. The number of carbonyl (C=O) groups is 1. The molecule has 2 aliphatic heterocycles. The maximum absolute atomic E-state index is 13.3. The van der Waals surface area contributed by atoms with Crippen LogP contribution in [0, 0.1) is 11.3 Å². The summed E-state index contributed by atoms with van der Waals surface area (Å²) in [5, 5.41) is 4.20. The molecule has 1 amide bonds. The number of nitrogens with two attached hydrogens (primary N) is 2. The van der Waals surface area contributed by atoms with E-state index in [4.69, 9.17) is 23.1 Å². The number of aromatic nitrogens is 2. The Kier molecular flexibility index (Phi) is 10.4. The lowest BCUT2D eigenvalue weighted by Crippen LogP contribution is -2.49. The van der Waals surface area contributed by atoms with Crippen molar-refractivity contribution < 1.29 is 4.79 Å². The van der Waals surface area contributed by atoms with Crippen molar-refractivity contribution in [3.8, 4) is 0 Å². The molecule has 5 N–H and O–H groups in total. The van der Waals surface area contributed by atoms with Gasteiger partial charge in [0.25, 0.3) is 0 Å². The SMILES string of the molecule is CCCc1cc(CN2CCC3(CC2)CC(C(=O)Nc2cccc(Sc4ncc(N5CCC(C)(N)CC5)nc4N)c2Cl)C3)ccc1CC. The van der Waals surface area contributed by atoms with Crippen molar-refractivity contribution in [1.82, 2.24) is 14.9 Å². The van der Waals surface area contributed by atoms with Gasteiger partial charge in [-0.25, -0.2) is 9.97 Å². The largest absolute Gasteiger partial charge is 0.381 e. The monoisotopic (exact) mass is 675 g/mol. The van der Waals surface area contributed by atoms with E-state index >= 15 is 0 Å². The number of rotatable bonds is 10. The molecule has 3 aromatic rings. The van der Waals surface area contributed by atoms with Crippen molar-refractivity contribution in [2.75, 3.05) is 42.1 Å². The number of anilines is 3. The Morgan fingerprint density at radius 3 is 2.49 bits per heavy atom. The molecular weight excluding hydrogens is 626 g/mol. The molecule has 3 aliphatic rings. The molecule has 0 bridgehead atoms. The summed E-state index contributed by atoms with van der Waals surface area (Å²) in [6.07, 6.45) is 11.2. The van der Waals surface area contributed by atoms with E-state index in [2.05, 4.69) is 64.1 Å². The summed E-state index contributed by atoms with van der Waals surface area (Å²) in [6, 6.07) is 12.7. The average molecular weight is 676 g/mol. The van der Waals surface area contributed by atoms with Gasteiger partial charge in [-0.1, -0.05) is 67.9 Å². The van der Waals surface area contributed by atoms with E-state index in [9.17, 15) is 4.79 Å². The molecule has 252 valence electrons. The van der Waals surface area contributed by atoms with Crippen molar-refractivity contribution in [1.29, 1.82) is 0 Å². The number of aryl methyl sites for hydroxylation is 2. The Labute approximate surface area is 289 Å². The first-order valence-electron chi connectivity index (χ1n) is 17.3. The van der Waals surface area contributed by atoms with Gasteiger partial charge in [-0.3, -0.25) is 9.69 Å². The minimum atomic E-state index is -0.138. The molecule has 0 radical (unpaired) electrons. The number of amides is 1. The number of nitrogens with one attached hydrogen (secondary N) is 1. The number of nitrogens with zero attached hydrogens (tertiary/aromatic N) is 4. The molecule has 3 fully saturated rings. The number of nitrogen functional groups attached to an aromatic ring is 1. The summed E-state index contributed by atoms with van der Waals surface area (Å²) in [6.45, 7) is 11.5. The maximum Gasteiger partial charge on any atom is 0.227 e. The Morgan fingerprint density at radius 1 is 1.06 bits per heavy atom. The minimum Gasteiger partial charge on any atom is -0.381 e. The molecule has 3 heterocycles. The van der Waals surface area contributed by atoms with Crippen LogP contribution in [0.5, 0.6) is 0 Å². The van der Waals surface area contributed by atoms with E-state index in [0.29, 0.717) is 27.0 Å². The summed E-state index contributed by atoms with van der Waals surface area (Å²) in [7, 11) is 0. The Morgan fingerprint density at radius 2 is 1.81 bits per heavy atom.